The molecule has 0 aromatic carbocycles. The first-order chi connectivity index (χ1) is 9.56. The monoisotopic (exact) mass is 286 g/mol. The van der Waals surface area contributed by atoms with Gasteiger partial charge in [-0.05, 0) is 18.8 Å². The minimum Gasteiger partial charge on any atom is -0.481 e. The first-order valence-electron chi connectivity index (χ1n) is 7.99. The third-order valence-corrected chi connectivity index (χ3v) is 3.79. The number of rotatable bonds is 14. The highest BCUT2D eigenvalue weighted by atomic mass is 16.4. The van der Waals surface area contributed by atoms with Gasteiger partial charge in [0.1, 0.15) is 0 Å². The largest absolute Gasteiger partial charge is 0.481 e. The summed E-state index contributed by atoms with van der Waals surface area (Å²) in [5.41, 5.74) is 0. The molecule has 20 heavy (non-hydrogen) atoms. The molecule has 0 fully saturated rings. The number of unbranched alkanes of at least 4 members (excludes halogenated alkanes) is 7. The fourth-order valence-corrected chi connectivity index (χ4v) is 2.47. The van der Waals surface area contributed by atoms with Gasteiger partial charge < -0.3 is 10.2 Å². The summed E-state index contributed by atoms with van der Waals surface area (Å²) in [6.07, 6.45) is 11.4. The van der Waals surface area contributed by atoms with Crippen LogP contribution in [0.25, 0.3) is 0 Å². The first-order valence-corrected chi connectivity index (χ1v) is 7.99. The maximum absolute atomic E-state index is 10.6. The molecule has 0 aliphatic carbocycles. The van der Waals surface area contributed by atoms with Gasteiger partial charge in [0.05, 0.1) is 0 Å². The Morgan fingerprint density at radius 2 is 1.30 bits per heavy atom. The number of hydrogen-bond acceptors (Lipinski definition) is 2. The summed E-state index contributed by atoms with van der Waals surface area (Å²) >= 11 is 0. The van der Waals surface area contributed by atoms with Crippen LogP contribution in [0.3, 0.4) is 0 Å². The van der Waals surface area contributed by atoms with Crippen molar-refractivity contribution in [1.29, 1.82) is 0 Å². The van der Waals surface area contributed by atoms with Gasteiger partial charge in [-0.15, -0.1) is 0 Å². The van der Waals surface area contributed by atoms with Crippen molar-refractivity contribution in [3.8, 4) is 0 Å². The molecule has 4 heteroatoms. The molecule has 0 saturated heterocycles. The van der Waals surface area contributed by atoms with Crippen LogP contribution >= 0.6 is 0 Å². The second kappa shape index (κ2) is 12.9. The van der Waals surface area contributed by atoms with Crippen molar-refractivity contribution in [2.75, 3.05) is 0 Å². The molecular formula is C16H30O4. The second-order valence-corrected chi connectivity index (χ2v) is 5.63. The van der Waals surface area contributed by atoms with Crippen LogP contribution in [0.5, 0.6) is 0 Å². The third kappa shape index (κ3) is 13.4. The molecule has 0 aliphatic rings. The van der Waals surface area contributed by atoms with E-state index >= 15 is 0 Å². The smallest absolute Gasteiger partial charge is 0.303 e. The predicted molar refractivity (Wildman–Crippen MR) is 79.8 cm³/mol. The van der Waals surface area contributed by atoms with Crippen LogP contribution in [0.4, 0.5) is 0 Å². The Balaban J connectivity index is 3.27. The Labute approximate surface area is 122 Å². The van der Waals surface area contributed by atoms with E-state index < -0.39 is 11.9 Å². The van der Waals surface area contributed by atoms with E-state index in [1.807, 2.05) is 0 Å². The molecule has 0 radical (unpaired) electrons. The fourth-order valence-electron chi connectivity index (χ4n) is 2.47. The zero-order valence-corrected chi connectivity index (χ0v) is 12.8. The molecule has 0 saturated carbocycles. The maximum Gasteiger partial charge on any atom is 0.303 e. The Bertz CT molecular complexity index is 263. The lowest BCUT2D eigenvalue weighted by Gasteiger charge is -2.11. The summed E-state index contributed by atoms with van der Waals surface area (Å²) in [5.74, 6) is -1.04. The predicted octanol–water partition coefficient (Wildman–Crippen LogP) is 4.47. The molecule has 1 atom stereocenters. The lowest BCUT2D eigenvalue weighted by Crippen LogP contribution is -2.06. The van der Waals surface area contributed by atoms with E-state index in [1.165, 1.54) is 25.7 Å². The van der Waals surface area contributed by atoms with Gasteiger partial charge in [-0.25, -0.2) is 0 Å². The fraction of sp³-hybridized carbons (Fsp3) is 0.875. The summed E-state index contributed by atoms with van der Waals surface area (Å²) in [4.78, 5) is 21.0. The van der Waals surface area contributed by atoms with E-state index in [0.717, 1.165) is 38.5 Å². The quantitative estimate of drug-likeness (QED) is 0.462. The third-order valence-electron chi connectivity index (χ3n) is 3.79. The molecule has 0 bridgehead atoms. The van der Waals surface area contributed by atoms with Crippen molar-refractivity contribution in [2.45, 2.75) is 84.0 Å². The van der Waals surface area contributed by atoms with Crippen LogP contribution in [0, 0.1) is 5.92 Å². The molecule has 0 aliphatic heterocycles. The van der Waals surface area contributed by atoms with Crippen LogP contribution in [0.15, 0.2) is 0 Å². The molecule has 1 unspecified atom stereocenters. The van der Waals surface area contributed by atoms with Crippen LogP contribution in [-0.2, 0) is 9.59 Å². The summed E-state index contributed by atoms with van der Waals surface area (Å²) < 4.78 is 0. The van der Waals surface area contributed by atoms with E-state index in [2.05, 4.69) is 6.92 Å². The number of hydrogen-bond donors (Lipinski definition) is 2. The minimum atomic E-state index is -0.697. The zero-order valence-electron chi connectivity index (χ0n) is 12.8. The molecular weight excluding hydrogens is 256 g/mol. The van der Waals surface area contributed by atoms with Crippen LogP contribution in [0.1, 0.15) is 84.0 Å². The average Bonchev–Trinajstić information content (AvgIpc) is 2.38. The van der Waals surface area contributed by atoms with E-state index in [9.17, 15) is 9.59 Å². The van der Waals surface area contributed by atoms with Crippen molar-refractivity contribution in [2.24, 2.45) is 5.92 Å². The highest BCUT2D eigenvalue weighted by molar-refractivity contribution is 5.67. The van der Waals surface area contributed by atoms with E-state index in [0.29, 0.717) is 18.8 Å². The van der Waals surface area contributed by atoms with Gasteiger partial charge in [0.25, 0.3) is 0 Å². The standard InChI is InChI=1S/C16H30O4/c1-2-14(13-16(19)20)11-9-7-5-3-4-6-8-10-12-15(17)18/h14H,2-13H2,1H3,(H,17,18)(H,19,20). The van der Waals surface area contributed by atoms with E-state index in [4.69, 9.17) is 10.2 Å². The van der Waals surface area contributed by atoms with Crippen molar-refractivity contribution in [3.63, 3.8) is 0 Å². The minimum absolute atomic E-state index is 0.294. The number of aliphatic carboxylic acids is 2. The summed E-state index contributed by atoms with van der Waals surface area (Å²) in [7, 11) is 0. The Kier molecular flexibility index (Phi) is 12.3. The van der Waals surface area contributed by atoms with Gasteiger partial charge >= 0.3 is 11.9 Å². The van der Waals surface area contributed by atoms with Crippen LogP contribution in [-0.4, -0.2) is 22.2 Å². The van der Waals surface area contributed by atoms with Crippen molar-refractivity contribution in [3.05, 3.63) is 0 Å². The van der Waals surface area contributed by atoms with Gasteiger partial charge in [0, 0.05) is 12.8 Å². The summed E-state index contributed by atoms with van der Waals surface area (Å²) in [5, 5.41) is 17.3. The number of carboxylic acid groups (broad SMARTS) is 2. The molecule has 4 nitrogen and oxygen atoms in total. The molecule has 0 aromatic heterocycles. The van der Waals surface area contributed by atoms with Crippen molar-refractivity contribution < 1.29 is 19.8 Å². The van der Waals surface area contributed by atoms with E-state index in [1.54, 1.807) is 0 Å². The maximum atomic E-state index is 10.6. The molecule has 0 aromatic rings. The number of carbonyl (C=O) groups is 2. The summed E-state index contributed by atoms with van der Waals surface area (Å²) in [6.45, 7) is 2.06. The van der Waals surface area contributed by atoms with Gasteiger partial charge in [-0.1, -0.05) is 58.3 Å². The Hall–Kier alpha value is -1.06. The lowest BCUT2D eigenvalue weighted by atomic mass is 9.95. The van der Waals surface area contributed by atoms with Gasteiger partial charge in [-0.3, -0.25) is 9.59 Å². The second-order valence-electron chi connectivity index (χ2n) is 5.63. The molecule has 0 amide bonds. The highest BCUT2D eigenvalue weighted by Crippen LogP contribution is 2.18. The lowest BCUT2D eigenvalue weighted by molar-refractivity contribution is -0.138. The molecule has 0 spiro atoms. The Morgan fingerprint density at radius 1 is 0.800 bits per heavy atom. The number of carboxylic acids is 2. The van der Waals surface area contributed by atoms with Crippen LogP contribution < -0.4 is 0 Å². The van der Waals surface area contributed by atoms with Crippen molar-refractivity contribution >= 4 is 11.9 Å². The Morgan fingerprint density at radius 3 is 1.75 bits per heavy atom. The highest BCUT2D eigenvalue weighted by Gasteiger charge is 2.10. The SMILES string of the molecule is CCC(CCCCCCCCCCC(=O)O)CC(=O)O. The summed E-state index contributed by atoms with van der Waals surface area (Å²) in [6, 6.07) is 0. The average molecular weight is 286 g/mol. The van der Waals surface area contributed by atoms with Crippen molar-refractivity contribution in [1.82, 2.24) is 0 Å². The van der Waals surface area contributed by atoms with Gasteiger partial charge in [-0.2, -0.15) is 0 Å². The van der Waals surface area contributed by atoms with Gasteiger partial charge in [0.2, 0.25) is 0 Å². The van der Waals surface area contributed by atoms with Gasteiger partial charge in [0.15, 0.2) is 0 Å². The molecule has 118 valence electrons. The first kappa shape index (κ1) is 18.9. The van der Waals surface area contributed by atoms with E-state index in [-0.39, 0.29) is 0 Å². The molecule has 0 heterocycles. The molecule has 0 rings (SSSR count). The topological polar surface area (TPSA) is 74.6 Å². The molecule has 2 N–H and O–H groups in total. The zero-order chi connectivity index (χ0) is 15.2. The normalized spacial score (nSPS) is 12.2. The van der Waals surface area contributed by atoms with Crippen LogP contribution in [0.2, 0.25) is 0 Å².